The van der Waals surface area contributed by atoms with E-state index in [4.69, 9.17) is 4.74 Å². The molecule has 2 aliphatic heterocycles. The van der Waals surface area contributed by atoms with Crippen LogP contribution in [0.25, 0.3) is 0 Å². The van der Waals surface area contributed by atoms with E-state index in [1.54, 1.807) is 29.2 Å². The minimum Gasteiger partial charge on any atom is -0.378 e. The van der Waals surface area contributed by atoms with Gasteiger partial charge in [0.05, 0.1) is 24.0 Å². The number of benzene rings is 1. The first-order valence-corrected chi connectivity index (χ1v) is 9.84. The largest absolute Gasteiger partial charge is 0.378 e. The lowest BCUT2D eigenvalue weighted by Crippen LogP contribution is -2.44. The predicted octanol–water partition coefficient (Wildman–Crippen LogP) is 1.32. The van der Waals surface area contributed by atoms with Crippen LogP contribution in [0.4, 0.5) is 0 Å². The van der Waals surface area contributed by atoms with Gasteiger partial charge < -0.3 is 9.64 Å². The molecule has 2 heterocycles. The van der Waals surface area contributed by atoms with E-state index in [1.165, 1.54) is 4.31 Å². The van der Waals surface area contributed by atoms with Gasteiger partial charge in [-0.3, -0.25) is 4.79 Å². The molecule has 1 aromatic carbocycles. The highest BCUT2D eigenvalue weighted by molar-refractivity contribution is 9.10. The van der Waals surface area contributed by atoms with Crippen molar-refractivity contribution in [1.82, 2.24) is 9.21 Å². The molecule has 8 heteroatoms. The molecular formula is C15H19BrN2O4S. The molecular weight excluding hydrogens is 384 g/mol. The van der Waals surface area contributed by atoms with E-state index < -0.39 is 10.0 Å². The molecule has 0 aliphatic carbocycles. The molecule has 0 saturated carbocycles. The summed E-state index contributed by atoms with van der Waals surface area (Å²) in [7, 11) is -3.55. The van der Waals surface area contributed by atoms with E-state index in [9.17, 15) is 13.2 Å². The van der Waals surface area contributed by atoms with Crippen molar-refractivity contribution in [3.63, 3.8) is 0 Å². The van der Waals surface area contributed by atoms with Gasteiger partial charge in [0, 0.05) is 30.7 Å². The number of hydrogen-bond donors (Lipinski definition) is 0. The number of amides is 1. The van der Waals surface area contributed by atoms with Gasteiger partial charge in [-0.25, -0.2) is 8.42 Å². The zero-order valence-electron chi connectivity index (χ0n) is 12.7. The molecule has 126 valence electrons. The molecule has 3 rings (SSSR count). The average Bonchev–Trinajstić information content (AvgIpc) is 3.06. The lowest BCUT2D eigenvalue weighted by Gasteiger charge is -2.29. The van der Waals surface area contributed by atoms with Gasteiger partial charge in [-0.15, -0.1) is 0 Å². The summed E-state index contributed by atoms with van der Waals surface area (Å²) in [4.78, 5) is 14.5. The molecule has 0 bridgehead atoms. The maximum absolute atomic E-state index is 12.7. The quantitative estimate of drug-likeness (QED) is 0.764. The zero-order chi connectivity index (χ0) is 16.4. The van der Waals surface area contributed by atoms with Crippen molar-refractivity contribution in [2.45, 2.75) is 11.3 Å². The summed E-state index contributed by atoms with van der Waals surface area (Å²) in [5, 5.41) is 0. The molecule has 2 aliphatic rings. The molecule has 0 aromatic heterocycles. The number of ether oxygens (including phenoxy) is 1. The van der Waals surface area contributed by atoms with Crippen LogP contribution >= 0.6 is 15.9 Å². The van der Waals surface area contributed by atoms with Crippen LogP contribution in [0.3, 0.4) is 0 Å². The van der Waals surface area contributed by atoms with E-state index in [2.05, 4.69) is 15.9 Å². The van der Waals surface area contributed by atoms with Crippen molar-refractivity contribution in [3.8, 4) is 0 Å². The van der Waals surface area contributed by atoms with Crippen molar-refractivity contribution in [2.24, 2.45) is 5.92 Å². The number of halogens is 1. The van der Waals surface area contributed by atoms with Crippen LogP contribution in [0.2, 0.25) is 0 Å². The van der Waals surface area contributed by atoms with E-state index in [0.717, 1.165) is 4.47 Å². The second-order valence-corrected chi connectivity index (χ2v) is 8.60. The number of nitrogens with zero attached hydrogens (tertiary/aromatic N) is 2. The maximum atomic E-state index is 12.7. The van der Waals surface area contributed by atoms with Gasteiger partial charge in [0.15, 0.2) is 0 Å². The Balaban J connectivity index is 1.70. The van der Waals surface area contributed by atoms with Gasteiger partial charge in [-0.2, -0.15) is 4.31 Å². The topological polar surface area (TPSA) is 66.9 Å². The molecule has 0 N–H and O–H groups in total. The predicted molar refractivity (Wildman–Crippen MR) is 88.4 cm³/mol. The zero-order valence-corrected chi connectivity index (χ0v) is 15.1. The van der Waals surface area contributed by atoms with Gasteiger partial charge in [0.2, 0.25) is 15.9 Å². The fourth-order valence-electron chi connectivity index (χ4n) is 2.97. The molecule has 6 nitrogen and oxygen atoms in total. The molecule has 1 atom stereocenters. The Bertz CT molecular complexity index is 688. The molecule has 1 unspecified atom stereocenters. The first kappa shape index (κ1) is 16.9. The van der Waals surface area contributed by atoms with E-state index in [0.29, 0.717) is 39.3 Å². The van der Waals surface area contributed by atoms with Crippen LogP contribution in [0.15, 0.2) is 33.6 Å². The number of sulfonamides is 1. The first-order chi connectivity index (χ1) is 11.0. The number of carbonyl (C=O) groups excluding carboxylic acids is 1. The van der Waals surface area contributed by atoms with Crippen LogP contribution in [0.1, 0.15) is 6.42 Å². The van der Waals surface area contributed by atoms with Gasteiger partial charge in [-0.1, -0.05) is 22.0 Å². The summed E-state index contributed by atoms with van der Waals surface area (Å²) in [6.07, 6.45) is 0.573. The molecule has 23 heavy (non-hydrogen) atoms. The fourth-order valence-corrected chi connectivity index (χ4v) is 5.06. The second kappa shape index (κ2) is 6.88. The average molecular weight is 403 g/mol. The number of morpholine rings is 1. The fraction of sp³-hybridized carbons (Fsp3) is 0.533. The van der Waals surface area contributed by atoms with Crippen LogP contribution < -0.4 is 0 Å². The summed E-state index contributed by atoms with van der Waals surface area (Å²) < 4.78 is 32.8. The normalized spacial score (nSPS) is 23.2. The molecule has 0 spiro atoms. The van der Waals surface area contributed by atoms with Crippen LogP contribution in [0, 0.1) is 5.92 Å². The Morgan fingerprint density at radius 1 is 1.22 bits per heavy atom. The Morgan fingerprint density at radius 3 is 2.65 bits per heavy atom. The lowest BCUT2D eigenvalue weighted by molar-refractivity contribution is -0.139. The molecule has 2 fully saturated rings. The van der Waals surface area contributed by atoms with Gasteiger partial charge in [0.1, 0.15) is 0 Å². The van der Waals surface area contributed by atoms with Crippen LogP contribution in [-0.4, -0.2) is 62.9 Å². The summed E-state index contributed by atoms with van der Waals surface area (Å²) in [6.45, 7) is 2.93. The SMILES string of the molecule is O=C(C1CCN(S(=O)(=O)c2cccc(Br)c2)C1)N1CCOCC1. The standard InChI is InChI=1S/C15H19BrN2O4S/c16-13-2-1-3-14(10-13)23(20,21)18-5-4-12(11-18)15(19)17-6-8-22-9-7-17/h1-3,10,12H,4-9,11H2. The van der Waals surface area contributed by atoms with E-state index >= 15 is 0 Å². The monoisotopic (exact) mass is 402 g/mol. The van der Waals surface area contributed by atoms with Crippen molar-refractivity contribution in [2.75, 3.05) is 39.4 Å². The third kappa shape index (κ3) is 3.60. The molecule has 0 radical (unpaired) electrons. The van der Waals surface area contributed by atoms with Crippen LogP contribution in [0.5, 0.6) is 0 Å². The van der Waals surface area contributed by atoms with E-state index in [1.807, 2.05) is 0 Å². The third-order valence-electron chi connectivity index (χ3n) is 4.26. The molecule has 1 amide bonds. The van der Waals surface area contributed by atoms with Crippen molar-refractivity contribution >= 4 is 31.9 Å². The highest BCUT2D eigenvalue weighted by Gasteiger charge is 2.37. The van der Waals surface area contributed by atoms with Gasteiger partial charge >= 0.3 is 0 Å². The highest BCUT2D eigenvalue weighted by Crippen LogP contribution is 2.27. The number of rotatable bonds is 3. The Morgan fingerprint density at radius 2 is 1.96 bits per heavy atom. The summed E-state index contributed by atoms with van der Waals surface area (Å²) in [5.74, 6) is -0.213. The smallest absolute Gasteiger partial charge is 0.243 e. The lowest BCUT2D eigenvalue weighted by atomic mass is 10.1. The van der Waals surface area contributed by atoms with Crippen molar-refractivity contribution < 1.29 is 17.9 Å². The minimum absolute atomic E-state index is 0.0419. The third-order valence-corrected chi connectivity index (χ3v) is 6.61. The Labute approximate surface area is 144 Å². The summed E-state index contributed by atoms with van der Waals surface area (Å²) >= 11 is 3.29. The van der Waals surface area contributed by atoms with Gasteiger partial charge in [-0.05, 0) is 24.6 Å². The number of carbonyl (C=O) groups is 1. The molecule has 2 saturated heterocycles. The summed E-state index contributed by atoms with van der Waals surface area (Å²) in [5.41, 5.74) is 0. The molecule has 1 aromatic rings. The second-order valence-electron chi connectivity index (χ2n) is 5.74. The van der Waals surface area contributed by atoms with Gasteiger partial charge in [0.25, 0.3) is 0 Å². The van der Waals surface area contributed by atoms with E-state index in [-0.39, 0.29) is 23.3 Å². The maximum Gasteiger partial charge on any atom is 0.243 e. The van der Waals surface area contributed by atoms with Crippen molar-refractivity contribution in [1.29, 1.82) is 0 Å². The summed E-state index contributed by atoms with van der Waals surface area (Å²) in [6, 6.07) is 6.65. The Hall–Kier alpha value is -0.960. The van der Waals surface area contributed by atoms with Crippen molar-refractivity contribution in [3.05, 3.63) is 28.7 Å². The van der Waals surface area contributed by atoms with Crippen LogP contribution in [-0.2, 0) is 19.6 Å². The Kier molecular flexibility index (Phi) is 5.05. The first-order valence-electron chi connectivity index (χ1n) is 7.61. The highest BCUT2D eigenvalue weighted by atomic mass is 79.9. The number of hydrogen-bond acceptors (Lipinski definition) is 4. The minimum atomic E-state index is -3.55.